The van der Waals surface area contributed by atoms with Gasteiger partial charge in [0.15, 0.2) is 0 Å². The average Bonchev–Trinajstić information content (AvgIpc) is 3.21. The summed E-state index contributed by atoms with van der Waals surface area (Å²) in [6.45, 7) is 8.48. The fourth-order valence-corrected chi connectivity index (χ4v) is 7.71. The zero-order valence-electron chi connectivity index (χ0n) is 32.8. The van der Waals surface area contributed by atoms with Crippen LogP contribution in [0.4, 0.5) is 5.69 Å². The number of unbranched alkanes of at least 4 members (excludes halogenated alkanes) is 10. The van der Waals surface area contributed by atoms with Crippen molar-refractivity contribution >= 4 is 35.5 Å². The second kappa shape index (κ2) is 26.0. The number of carbonyl (C=O) groups excluding carboxylic acids is 5. The van der Waals surface area contributed by atoms with E-state index in [-0.39, 0.29) is 41.6 Å². The number of esters is 4. The van der Waals surface area contributed by atoms with E-state index in [9.17, 15) is 24.0 Å². The number of hydrogen-bond acceptors (Lipinski definition) is 9. The van der Waals surface area contributed by atoms with E-state index >= 15 is 0 Å². The molecule has 0 unspecified atom stereocenters. The molecule has 0 N–H and O–H groups in total. The normalized spacial score (nSPS) is 19.6. The standard InChI is InChI=1S/C44H65NO9/c1-4-40(46)51-30-14-10-6-8-12-16-32-53-43(49)37-24-20-35(21-25-37)34-18-22-36(23-19-34)42(48)45(3)39-28-26-38(27-29-39)44(50)54-33-17-13-9-7-11-15-31-52-41(47)5-2/h4-5,26-29,34-37H,1-2,6-25,30-33H2,3H3. The molecule has 10 heteroatoms. The first-order chi connectivity index (χ1) is 26.2. The summed E-state index contributed by atoms with van der Waals surface area (Å²) in [7, 11) is 1.81. The zero-order chi connectivity index (χ0) is 39.0. The number of amides is 1. The van der Waals surface area contributed by atoms with Crippen LogP contribution < -0.4 is 4.90 Å². The molecule has 300 valence electrons. The first-order valence-corrected chi connectivity index (χ1v) is 20.5. The minimum atomic E-state index is -0.385. The van der Waals surface area contributed by atoms with E-state index < -0.39 is 0 Å². The molecule has 1 aromatic carbocycles. The first-order valence-electron chi connectivity index (χ1n) is 20.5. The topological polar surface area (TPSA) is 126 Å². The maximum atomic E-state index is 13.4. The van der Waals surface area contributed by atoms with Crippen molar-refractivity contribution in [1.29, 1.82) is 0 Å². The number of carbonyl (C=O) groups is 5. The van der Waals surface area contributed by atoms with Crippen LogP contribution in [0.5, 0.6) is 0 Å². The van der Waals surface area contributed by atoms with Crippen molar-refractivity contribution in [3.05, 3.63) is 55.1 Å². The van der Waals surface area contributed by atoms with Crippen LogP contribution in [0.15, 0.2) is 49.6 Å². The number of anilines is 1. The van der Waals surface area contributed by atoms with Crippen molar-refractivity contribution in [3.8, 4) is 0 Å². The quantitative estimate of drug-likeness (QED) is 0.0416. The van der Waals surface area contributed by atoms with E-state index in [0.29, 0.717) is 43.8 Å². The van der Waals surface area contributed by atoms with Gasteiger partial charge in [-0.15, -0.1) is 0 Å². The summed E-state index contributed by atoms with van der Waals surface area (Å²) < 4.78 is 21.0. The minimum Gasteiger partial charge on any atom is -0.465 e. The van der Waals surface area contributed by atoms with Gasteiger partial charge in [-0.3, -0.25) is 9.59 Å². The van der Waals surface area contributed by atoms with Crippen molar-refractivity contribution < 1.29 is 42.9 Å². The van der Waals surface area contributed by atoms with Gasteiger partial charge in [0, 0.05) is 30.8 Å². The van der Waals surface area contributed by atoms with Gasteiger partial charge in [0.05, 0.1) is 37.9 Å². The molecule has 2 saturated carbocycles. The van der Waals surface area contributed by atoms with Gasteiger partial charge in [0.25, 0.3) is 0 Å². The highest BCUT2D eigenvalue weighted by atomic mass is 16.5. The van der Waals surface area contributed by atoms with E-state index in [2.05, 4.69) is 13.2 Å². The summed E-state index contributed by atoms with van der Waals surface area (Å²) in [6, 6.07) is 7.07. The zero-order valence-corrected chi connectivity index (χ0v) is 32.8. The molecule has 1 aromatic rings. The molecule has 0 atom stereocenters. The van der Waals surface area contributed by atoms with Crippen LogP contribution in [0.3, 0.4) is 0 Å². The molecule has 2 fully saturated rings. The summed E-state index contributed by atoms with van der Waals surface area (Å²) >= 11 is 0. The summed E-state index contributed by atoms with van der Waals surface area (Å²) in [5.74, 6) is 0.201. The lowest BCUT2D eigenvalue weighted by molar-refractivity contribution is -0.150. The summed E-state index contributed by atoms with van der Waals surface area (Å²) in [4.78, 5) is 62.4. The molecule has 54 heavy (non-hydrogen) atoms. The lowest BCUT2D eigenvalue weighted by atomic mass is 9.69. The molecule has 10 nitrogen and oxygen atoms in total. The second-order valence-corrected chi connectivity index (χ2v) is 15.0. The summed E-state index contributed by atoms with van der Waals surface area (Å²) in [5.41, 5.74) is 1.24. The van der Waals surface area contributed by atoms with Gasteiger partial charge >= 0.3 is 23.9 Å². The van der Waals surface area contributed by atoms with Crippen molar-refractivity contribution in [3.63, 3.8) is 0 Å². The van der Waals surface area contributed by atoms with Gasteiger partial charge in [0.2, 0.25) is 5.91 Å². The fraction of sp³-hybridized carbons (Fsp3) is 0.659. The molecule has 0 bridgehead atoms. The molecule has 2 aliphatic rings. The lowest BCUT2D eigenvalue weighted by Crippen LogP contribution is -2.36. The predicted molar refractivity (Wildman–Crippen MR) is 210 cm³/mol. The van der Waals surface area contributed by atoms with E-state index in [4.69, 9.17) is 18.9 Å². The summed E-state index contributed by atoms with van der Waals surface area (Å²) in [5, 5.41) is 0. The Morgan fingerprint density at radius 2 is 0.944 bits per heavy atom. The third-order valence-electron chi connectivity index (χ3n) is 11.1. The Balaban J connectivity index is 1.23. The molecule has 2 aliphatic carbocycles. The molecule has 3 rings (SSSR count). The van der Waals surface area contributed by atoms with Crippen molar-refractivity contribution in [2.24, 2.45) is 23.7 Å². The Hall–Kier alpha value is -3.95. The molecule has 0 radical (unpaired) electrons. The molecule has 0 aliphatic heterocycles. The van der Waals surface area contributed by atoms with Crippen molar-refractivity contribution in [1.82, 2.24) is 0 Å². The molecule has 0 spiro atoms. The van der Waals surface area contributed by atoms with E-state index in [1.165, 1.54) is 12.2 Å². The van der Waals surface area contributed by atoms with Crippen LogP contribution in [0.2, 0.25) is 0 Å². The number of benzene rings is 1. The van der Waals surface area contributed by atoms with Gasteiger partial charge in [-0.25, -0.2) is 14.4 Å². The molecule has 0 aromatic heterocycles. The van der Waals surface area contributed by atoms with Crippen LogP contribution >= 0.6 is 0 Å². The monoisotopic (exact) mass is 751 g/mol. The van der Waals surface area contributed by atoms with E-state index in [1.807, 2.05) is 19.2 Å². The first kappa shape index (κ1) is 44.4. The van der Waals surface area contributed by atoms with Crippen molar-refractivity contribution in [2.45, 2.75) is 128 Å². The Morgan fingerprint density at radius 1 is 0.556 bits per heavy atom. The SMILES string of the molecule is C=CC(=O)OCCCCCCCCOC(=O)c1ccc(N(C)C(=O)C2CCC(C3CCC(C(=O)OCCCCCCCCOC(=O)C=C)CC3)CC2)cc1. The number of ether oxygens (including phenoxy) is 4. The molecule has 0 heterocycles. The van der Waals surface area contributed by atoms with Crippen LogP contribution in [0.25, 0.3) is 0 Å². The average molecular weight is 752 g/mol. The van der Waals surface area contributed by atoms with Crippen LogP contribution in [-0.2, 0) is 38.1 Å². The molecule has 1 amide bonds. The molecule has 0 saturated heterocycles. The maximum Gasteiger partial charge on any atom is 0.338 e. The Morgan fingerprint density at radius 3 is 1.39 bits per heavy atom. The predicted octanol–water partition coefficient (Wildman–Crippen LogP) is 9.10. The highest BCUT2D eigenvalue weighted by molar-refractivity contribution is 5.95. The molecular weight excluding hydrogens is 686 g/mol. The van der Waals surface area contributed by atoms with Crippen LogP contribution in [0.1, 0.15) is 139 Å². The largest absolute Gasteiger partial charge is 0.465 e. The Labute approximate surface area is 323 Å². The summed E-state index contributed by atoms with van der Waals surface area (Å²) in [6.07, 6.45) is 21.7. The van der Waals surface area contributed by atoms with Crippen LogP contribution in [0, 0.1) is 23.7 Å². The maximum absolute atomic E-state index is 13.4. The van der Waals surface area contributed by atoms with Crippen molar-refractivity contribution in [2.75, 3.05) is 38.4 Å². The third-order valence-corrected chi connectivity index (χ3v) is 11.1. The van der Waals surface area contributed by atoms with Gasteiger partial charge in [0.1, 0.15) is 0 Å². The highest BCUT2D eigenvalue weighted by Crippen LogP contribution is 2.42. The number of hydrogen-bond donors (Lipinski definition) is 0. The van der Waals surface area contributed by atoms with Gasteiger partial charge < -0.3 is 23.8 Å². The third kappa shape index (κ3) is 16.6. The van der Waals surface area contributed by atoms with Crippen LogP contribution in [-0.4, -0.2) is 63.3 Å². The Kier molecular flexibility index (Phi) is 21.4. The smallest absolute Gasteiger partial charge is 0.338 e. The second-order valence-electron chi connectivity index (χ2n) is 15.0. The lowest BCUT2D eigenvalue weighted by Gasteiger charge is -2.37. The van der Waals surface area contributed by atoms with E-state index in [0.717, 1.165) is 134 Å². The Bertz CT molecular complexity index is 1310. The van der Waals surface area contributed by atoms with Gasteiger partial charge in [-0.2, -0.15) is 0 Å². The minimum absolute atomic E-state index is 0.000898. The fourth-order valence-electron chi connectivity index (χ4n) is 7.71. The molecular formula is C44H65NO9. The highest BCUT2D eigenvalue weighted by Gasteiger charge is 2.35. The van der Waals surface area contributed by atoms with Gasteiger partial charge in [-0.05, 0) is 113 Å². The van der Waals surface area contributed by atoms with E-state index in [1.54, 1.807) is 17.0 Å². The number of nitrogens with zero attached hydrogens (tertiary/aromatic N) is 1. The number of rotatable bonds is 25. The van der Waals surface area contributed by atoms with Gasteiger partial charge in [-0.1, -0.05) is 64.5 Å².